The second kappa shape index (κ2) is 15.1. The van der Waals surface area contributed by atoms with Crippen molar-refractivity contribution < 1.29 is 24.5 Å². The van der Waals surface area contributed by atoms with Crippen molar-refractivity contribution in [2.45, 2.75) is 59.2 Å². The number of pyridine rings is 1. The van der Waals surface area contributed by atoms with Crippen LogP contribution in [0.2, 0.25) is 19.6 Å². The van der Waals surface area contributed by atoms with Crippen LogP contribution in [0.4, 0.5) is 5.69 Å². The average molecular weight is 861 g/mol. The Morgan fingerprint density at radius 3 is 2.25 bits per heavy atom. The summed E-state index contributed by atoms with van der Waals surface area (Å²) in [5, 5.41) is 3.73. The fourth-order valence-electron chi connectivity index (χ4n) is 6.90. The van der Waals surface area contributed by atoms with E-state index in [0.29, 0.717) is 5.41 Å². The van der Waals surface area contributed by atoms with Crippen LogP contribution in [0.25, 0.3) is 33.2 Å². The first-order chi connectivity index (χ1) is 24.1. The topological polar surface area (TPSA) is 38.4 Å². The number of nitrogens with zero attached hydrogens (tertiary/aromatic N) is 2. The van der Waals surface area contributed by atoms with Crippen LogP contribution in [0.15, 0.2) is 137 Å². The second-order valence-corrected chi connectivity index (χ2v) is 20.1. The van der Waals surface area contributed by atoms with E-state index >= 15 is 0 Å². The van der Waals surface area contributed by atoms with Gasteiger partial charge < -0.3 is 9.40 Å². The van der Waals surface area contributed by atoms with Gasteiger partial charge in [0, 0.05) is 37.6 Å². The van der Waals surface area contributed by atoms with Gasteiger partial charge in [-0.1, -0.05) is 136 Å². The molecule has 0 spiro atoms. The number of aromatic nitrogens is 1. The number of hydrogen-bond donors (Lipinski definition) is 0. The van der Waals surface area contributed by atoms with Gasteiger partial charge in [0.1, 0.15) is 5.58 Å². The molecule has 0 aliphatic carbocycles. The standard InChI is InChI=1S/C26H16NO.C20H28NSi.Ir/c1-2-9-17(10-3-1)24-20-12-4-6-15-22(20)27-25(24)21-14-8-13-19-18-11-5-7-16-23(18)28-26(19)21;1-7-20(2,3)14-17-13-18(16-11-9-8-10-12-16)21-15-19(17)22(4,5)6;/h1-13,15-16,24H;8-11,13,15H,7,14H2,1-6H3;/q2*-1;. The molecule has 1 atom stereocenters. The molecule has 0 amide bonds. The van der Waals surface area contributed by atoms with Gasteiger partial charge in [0.15, 0.2) is 0 Å². The SMILES string of the molecule is CCC(C)(C)Cc1cc(-c2[c-]cccc2)ncc1[Si](C)(C)C.[Ir].[c-]1ccc2c(oc3ccccc32)c1C1=Nc2ccccc2C1c1ccccc1. The van der Waals surface area contributed by atoms with E-state index in [0.717, 1.165) is 56.6 Å². The molecule has 0 saturated heterocycles. The van der Waals surface area contributed by atoms with Crippen molar-refractivity contribution >= 4 is 46.6 Å². The van der Waals surface area contributed by atoms with Gasteiger partial charge in [-0.3, -0.25) is 4.99 Å². The van der Waals surface area contributed by atoms with Crippen molar-refractivity contribution in [3.05, 3.63) is 162 Å². The van der Waals surface area contributed by atoms with E-state index in [1.807, 2.05) is 48.5 Å². The first-order valence-corrected chi connectivity index (χ1v) is 21.1. The van der Waals surface area contributed by atoms with Gasteiger partial charge in [0.05, 0.1) is 19.3 Å². The maximum Gasteiger partial charge on any atom is 0.120 e. The van der Waals surface area contributed by atoms with E-state index < -0.39 is 8.07 Å². The molecule has 1 unspecified atom stereocenters. The molecule has 5 heteroatoms. The third-order valence-corrected chi connectivity index (χ3v) is 12.0. The zero-order chi connectivity index (χ0) is 34.9. The fraction of sp³-hybridized carbons (Fsp3) is 0.217. The number of hydrogen-bond acceptors (Lipinski definition) is 3. The molecule has 3 heterocycles. The monoisotopic (exact) mass is 861 g/mol. The Hall–Kier alpha value is -4.41. The normalized spacial score (nSPS) is 14.0. The quantitative estimate of drug-likeness (QED) is 0.118. The van der Waals surface area contributed by atoms with E-state index in [4.69, 9.17) is 14.4 Å². The van der Waals surface area contributed by atoms with Crippen LogP contribution in [0, 0.1) is 17.5 Å². The first-order valence-electron chi connectivity index (χ1n) is 17.6. The van der Waals surface area contributed by atoms with Gasteiger partial charge in [-0.2, -0.15) is 0 Å². The van der Waals surface area contributed by atoms with E-state index in [1.165, 1.54) is 28.3 Å². The Kier molecular flexibility index (Phi) is 10.7. The molecular formula is C46H44IrN2OSi-2. The average Bonchev–Trinajstić information content (AvgIpc) is 3.71. The van der Waals surface area contributed by atoms with Crippen molar-refractivity contribution in [1.82, 2.24) is 4.98 Å². The zero-order valence-corrected chi connectivity index (χ0v) is 33.6. The molecule has 1 aliphatic heterocycles. The van der Waals surface area contributed by atoms with Gasteiger partial charge in [-0.25, -0.2) is 0 Å². The molecule has 0 bridgehead atoms. The van der Waals surface area contributed by atoms with E-state index in [1.54, 1.807) is 0 Å². The largest absolute Gasteiger partial charge is 0.501 e. The smallest absolute Gasteiger partial charge is 0.120 e. The van der Waals surface area contributed by atoms with Crippen molar-refractivity contribution in [2.24, 2.45) is 10.4 Å². The maximum absolute atomic E-state index is 6.27. The van der Waals surface area contributed by atoms with Crippen molar-refractivity contribution in [1.29, 1.82) is 0 Å². The molecule has 2 aromatic heterocycles. The minimum atomic E-state index is -1.39. The molecule has 1 aliphatic rings. The Morgan fingerprint density at radius 1 is 0.784 bits per heavy atom. The fourth-order valence-corrected chi connectivity index (χ4v) is 8.47. The number of benzene rings is 5. The molecule has 5 aromatic carbocycles. The molecule has 7 aromatic rings. The molecule has 1 radical (unpaired) electrons. The van der Waals surface area contributed by atoms with Crippen molar-refractivity contribution in [3.8, 4) is 11.3 Å². The van der Waals surface area contributed by atoms with Gasteiger partial charge in [-0.15, -0.1) is 54.1 Å². The summed E-state index contributed by atoms with van der Waals surface area (Å²) >= 11 is 0. The Balaban J connectivity index is 0.000000178. The second-order valence-electron chi connectivity index (χ2n) is 15.0. The van der Waals surface area contributed by atoms with Crippen molar-refractivity contribution in [3.63, 3.8) is 0 Å². The van der Waals surface area contributed by atoms with Gasteiger partial charge in [0.2, 0.25) is 0 Å². The number of para-hydroxylation sites is 2. The minimum Gasteiger partial charge on any atom is -0.501 e. The van der Waals surface area contributed by atoms with Crippen LogP contribution in [0.5, 0.6) is 0 Å². The van der Waals surface area contributed by atoms with Crippen LogP contribution in [-0.4, -0.2) is 18.8 Å². The van der Waals surface area contributed by atoms with Gasteiger partial charge in [0.25, 0.3) is 0 Å². The van der Waals surface area contributed by atoms with E-state index in [2.05, 4.69) is 132 Å². The summed E-state index contributed by atoms with van der Waals surface area (Å²) in [5.74, 6) is 0.0764. The van der Waals surface area contributed by atoms with Crippen molar-refractivity contribution in [2.75, 3.05) is 0 Å². The van der Waals surface area contributed by atoms with Crippen LogP contribution in [0.1, 0.15) is 55.4 Å². The summed E-state index contributed by atoms with van der Waals surface area (Å²) in [5.41, 5.74) is 11.1. The zero-order valence-electron chi connectivity index (χ0n) is 30.3. The number of furan rings is 1. The summed E-state index contributed by atoms with van der Waals surface area (Å²) in [6.07, 6.45) is 4.43. The Morgan fingerprint density at radius 2 is 1.51 bits per heavy atom. The van der Waals surface area contributed by atoms with Crippen LogP contribution >= 0.6 is 0 Å². The summed E-state index contributed by atoms with van der Waals surface area (Å²) in [6.45, 7) is 14.2. The molecule has 0 N–H and O–H groups in total. The first kappa shape index (κ1) is 36.4. The third-order valence-electron chi connectivity index (χ3n) is 9.90. The van der Waals surface area contributed by atoms with Crippen LogP contribution in [0.3, 0.4) is 0 Å². The molecular weight excluding hydrogens is 817 g/mol. The van der Waals surface area contributed by atoms with E-state index in [9.17, 15) is 0 Å². The predicted octanol–water partition coefficient (Wildman–Crippen LogP) is 11.7. The van der Waals surface area contributed by atoms with E-state index in [-0.39, 0.29) is 26.0 Å². The number of rotatable bonds is 7. The van der Waals surface area contributed by atoms with Crippen LogP contribution < -0.4 is 5.19 Å². The molecule has 259 valence electrons. The molecule has 51 heavy (non-hydrogen) atoms. The van der Waals surface area contributed by atoms with Gasteiger partial charge in [-0.05, 0) is 51.7 Å². The summed E-state index contributed by atoms with van der Waals surface area (Å²) in [6, 6.07) is 48.3. The Labute approximate surface area is 317 Å². The summed E-state index contributed by atoms with van der Waals surface area (Å²) < 4.78 is 6.27. The molecule has 0 fully saturated rings. The van der Waals surface area contributed by atoms with Crippen LogP contribution in [-0.2, 0) is 26.5 Å². The number of fused-ring (bicyclic) bond motifs is 4. The Bertz CT molecular complexity index is 2300. The molecule has 8 rings (SSSR count). The predicted molar refractivity (Wildman–Crippen MR) is 213 cm³/mol. The maximum atomic E-state index is 6.27. The summed E-state index contributed by atoms with van der Waals surface area (Å²) in [4.78, 5) is 9.76. The number of aliphatic imine (C=N–C) groups is 1. The van der Waals surface area contributed by atoms with Gasteiger partial charge >= 0.3 is 0 Å². The minimum absolute atomic E-state index is 0. The molecule has 3 nitrogen and oxygen atoms in total. The third kappa shape index (κ3) is 7.62. The molecule has 0 saturated carbocycles. The summed E-state index contributed by atoms with van der Waals surface area (Å²) in [7, 11) is -1.39.